The van der Waals surface area contributed by atoms with Gasteiger partial charge in [0.2, 0.25) is 0 Å². The maximum absolute atomic E-state index is 15.3. The fourth-order valence-corrected chi connectivity index (χ4v) is 35.8. The lowest BCUT2D eigenvalue weighted by Crippen LogP contribution is -2.56. The highest BCUT2D eigenvalue weighted by molar-refractivity contribution is 5.81. The third kappa shape index (κ3) is 21.2. The number of aliphatic hydroxyl groups is 3. The standard InChI is InChI=1S/C65H96O6.2C21H32O2.C20H30O2.C3H8O3.CH4/c1-39(2)44-18-22-51-47(34-44)21-25-54-60(51,9)26-15-29-63(54,12)57(66)69-37-48(71-59(68)65(14)31-17-28-62(11)53-24-20-46(41(5)6)36-50(53)43(8)33-56(62)65)38-70-58(67)64(13)30-16-27-61(10)52-23-19-45(40(3)4)35-49(52)42(7)32-55(61)64;2*1-13(2)15-7-8-17-16(12-15)14(3)11-18-20(17,4)9-6-10-21(18,5)19(22)23;1-13(2)14-6-8-16-15(12-14)7-9-17-19(16,3)10-5-11-20(17,4)18(21)22;4-1-3(6)2-5;/h20-21,34-36,39-41,43,48,51-56H,15-19,22-33,37-38H2,1-14H3;12-13,17-18H,6-11H2,1-5H3,(H,22,23);7,12-14,17-18H,6,8-11H2,1-5H3,(H,22,23);7,12-13,16-17H,5-6,8-11H2,1-4H3,(H,21,22);3-6H,1-2H2;1H4. The number of allylic oxidation sites excluding steroid dienone is 24. The first-order valence-electron chi connectivity index (χ1n) is 58.5. The van der Waals surface area contributed by atoms with Crippen LogP contribution in [0.3, 0.4) is 0 Å². The summed E-state index contributed by atoms with van der Waals surface area (Å²) < 4.78 is 19.8. The van der Waals surface area contributed by atoms with Crippen molar-refractivity contribution in [2.75, 3.05) is 26.4 Å². The van der Waals surface area contributed by atoms with Gasteiger partial charge >= 0.3 is 35.8 Å². The van der Waals surface area contributed by atoms with E-state index in [1.807, 2.05) is 20.8 Å². The maximum Gasteiger partial charge on any atom is 0.312 e. The highest BCUT2D eigenvalue weighted by atomic mass is 16.6. The number of rotatable bonds is 19. The number of fused-ring (bicyclic) bond motifs is 18. The second-order valence-electron chi connectivity index (χ2n) is 55.6. The fourth-order valence-electron chi connectivity index (χ4n) is 35.8. The molecule has 0 aliphatic heterocycles. The van der Waals surface area contributed by atoms with Crippen molar-refractivity contribution >= 4 is 35.8 Å². The predicted molar refractivity (Wildman–Crippen MR) is 591 cm³/mol. The fraction of sp³-hybridized carbons (Fsp3) is 0.771. The third-order valence-electron chi connectivity index (χ3n) is 45.3. The molecule has 0 aromatic rings. The number of carboxylic acid groups (broad SMARTS) is 3. The molecule has 0 spiro atoms. The lowest BCUT2D eigenvalue weighted by atomic mass is 9.44. The zero-order chi connectivity index (χ0) is 106. The molecule has 8 saturated carbocycles. The molecule has 27 atom stereocenters. The van der Waals surface area contributed by atoms with E-state index in [1.54, 1.807) is 39.0 Å². The van der Waals surface area contributed by atoms with Gasteiger partial charge in [-0.05, 0) is 419 Å². The highest BCUT2D eigenvalue weighted by Gasteiger charge is 2.67. The number of carbonyl (C=O) groups is 6. The van der Waals surface area contributed by atoms with Gasteiger partial charge in [0, 0.05) is 0 Å². The van der Waals surface area contributed by atoms with Crippen molar-refractivity contribution in [3.63, 3.8) is 0 Å². The summed E-state index contributed by atoms with van der Waals surface area (Å²) in [6, 6.07) is 0. The highest BCUT2D eigenvalue weighted by Crippen LogP contribution is 2.72. The van der Waals surface area contributed by atoms with Crippen LogP contribution in [0.25, 0.3) is 0 Å². The maximum atomic E-state index is 15.3. The van der Waals surface area contributed by atoms with Crippen LogP contribution >= 0.6 is 0 Å². The minimum Gasteiger partial charge on any atom is -0.481 e. The molecule has 0 heterocycles. The average Bonchev–Trinajstić information content (AvgIpc) is 0.734. The number of carbonyl (C=O) groups excluding carboxylic acids is 3. The summed E-state index contributed by atoms with van der Waals surface area (Å²) >= 11 is 0. The molecule has 0 radical (unpaired) electrons. The normalized spacial score (nSPS) is 39.9. The number of esters is 3. The molecule has 18 rings (SSSR count). The van der Waals surface area contributed by atoms with Crippen LogP contribution in [0.2, 0.25) is 0 Å². The van der Waals surface area contributed by atoms with E-state index in [1.165, 1.54) is 84.0 Å². The van der Waals surface area contributed by atoms with E-state index in [-0.39, 0.29) is 114 Å². The number of hydrogen-bond donors (Lipinski definition) is 6. The lowest BCUT2D eigenvalue weighted by Gasteiger charge is -2.59. The molecular weight excluding hydrogens is 1810 g/mol. The van der Waals surface area contributed by atoms with E-state index in [4.69, 9.17) is 29.5 Å². The van der Waals surface area contributed by atoms with Gasteiger partial charge in [-0.1, -0.05) is 290 Å². The van der Waals surface area contributed by atoms with Gasteiger partial charge in [-0.3, -0.25) is 28.8 Å². The summed E-state index contributed by atoms with van der Waals surface area (Å²) in [7, 11) is 0. The Labute approximate surface area is 884 Å². The van der Waals surface area contributed by atoms with Crippen molar-refractivity contribution in [3.8, 4) is 0 Å². The van der Waals surface area contributed by atoms with Crippen molar-refractivity contribution < 1.29 is 73.6 Å². The molecule has 6 N–H and O–H groups in total. The van der Waals surface area contributed by atoms with E-state index in [2.05, 4.69) is 234 Å². The van der Waals surface area contributed by atoms with Gasteiger partial charge in [-0.15, -0.1) is 0 Å². The molecule has 18 aliphatic carbocycles. The predicted octanol–water partition coefficient (Wildman–Crippen LogP) is 31.2. The van der Waals surface area contributed by atoms with Gasteiger partial charge in [0.05, 0.1) is 45.7 Å². The molecule has 0 saturated heterocycles. The molecule has 0 aromatic heterocycles. The second-order valence-corrected chi connectivity index (χ2v) is 55.6. The van der Waals surface area contributed by atoms with Gasteiger partial charge in [-0.2, -0.15) is 0 Å². The van der Waals surface area contributed by atoms with Crippen LogP contribution in [-0.2, 0) is 43.0 Å². The molecule has 15 nitrogen and oxygen atoms in total. The summed E-state index contributed by atoms with van der Waals surface area (Å²) in [5.41, 5.74) is 17.9. The molecule has 0 aromatic carbocycles. The first-order valence-corrected chi connectivity index (χ1v) is 58.5. The molecule has 816 valence electrons. The van der Waals surface area contributed by atoms with E-state index in [0.717, 1.165) is 173 Å². The number of aliphatic carboxylic acids is 3. The van der Waals surface area contributed by atoms with Crippen molar-refractivity contribution in [3.05, 3.63) is 139 Å². The summed E-state index contributed by atoms with van der Waals surface area (Å²) in [4.78, 5) is 81.3. The quantitative estimate of drug-likeness (QED) is 0.0520. The number of carboxylic acids is 3. The van der Waals surface area contributed by atoms with Gasteiger partial charge in [0.15, 0.2) is 6.10 Å². The van der Waals surface area contributed by atoms with Crippen LogP contribution in [0, 0.1) is 183 Å². The number of aliphatic hydroxyl groups excluding tert-OH is 3. The zero-order valence-electron chi connectivity index (χ0n) is 95.7. The van der Waals surface area contributed by atoms with Crippen molar-refractivity contribution in [1.29, 1.82) is 0 Å². The van der Waals surface area contributed by atoms with E-state index >= 15 is 9.59 Å². The van der Waals surface area contributed by atoms with Crippen LogP contribution in [-0.4, -0.2) is 105 Å². The minimum atomic E-state index is -0.954. The number of ether oxygens (including phenoxy) is 3. The molecule has 18 aliphatic rings. The van der Waals surface area contributed by atoms with Crippen molar-refractivity contribution in [2.45, 2.75) is 432 Å². The Hall–Kier alpha value is -6.42. The van der Waals surface area contributed by atoms with E-state index < -0.39 is 62.6 Å². The lowest BCUT2D eigenvalue weighted by molar-refractivity contribution is -0.193. The molecule has 146 heavy (non-hydrogen) atoms. The summed E-state index contributed by atoms with van der Waals surface area (Å²) in [6.45, 7) is 62.7. The molecule has 8 fully saturated rings. The monoisotopic (exact) mass is 2020 g/mol. The average molecular weight is 2020 g/mol. The van der Waals surface area contributed by atoms with Crippen LogP contribution in [0.4, 0.5) is 0 Å². The Balaban J connectivity index is 0.000000191. The Bertz CT molecular complexity index is 5220. The van der Waals surface area contributed by atoms with Gasteiger partial charge < -0.3 is 44.8 Å². The SMILES string of the molecule is C.CC(C)C1=CC2=CCC3C(C)(C(=O)O)CCCC3(C)C2CC1.CC(C)C1=CCC2C(=C1)C(C)CC1C(C)(C(=O)O)CCCC21C.CC1=C2C=C(C(C)C)CCC2C2(C)CCCC(C)(C(=O)O)C2C1.CC1=C2C=C(C(C)C)CCC2C2(C)CCCC(C)(C(=O)OCC(COC(=O)C3(C)CCCC4(C)C5CCC(C(C)C)=CC5=CCC34)OC(=O)C3(C)CCCC4(C)C5CC=C(C(C)C)C=C5C(C)CC34)C2C1.OCC(O)CO. The van der Waals surface area contributed by atoms with Crippen LogP contribution in [0.15, 0.2) is 139 Å². The van der Waals surface area contributed by atoms with Gasteiger partial charge in [-0.25, -0.2) is 0 Å². The Kier molecular flexibility index (Phi) is 35.6. The third-order valence-corrected chi connectivity index (χ3v) is 45.3. The molecule has 0 bridgehead atoms. The largest absolute Gasteiger partial charge is 0.481 e. The van der Waals surface area contributed by atoms with Crippen LogP contribution in [0.1, 0.15) is 420 Å². The van der Waals surface area contributed by atoms with Crippen LogP contribution < -0.4 is 0 Å². The molecule has 0 amide bonds. The molecule has 27 unspecified atom stereocenters. The van der Waals surface area contributed by atoms with Crippen LogP contribution in [0.5, 0.6) is 0 Å². The minimum absolute atomic E-state index is 0. The zero-order valence-corrected chi connectivity index (χ0v) is 95.7. The van der Waals surface area contributed by atoms with Crippen molar-refractivity contribution in [2.24, 2.45) is 183 Å². The van der Waals surface area contributed by atoms with E-state index in [0.29, 0.717) is 88.8 Å². The van der Waals surface area contributed by atoms with E-state index in [9.17, 15) is 34.5 Å². The Morgan fingerprint density at radius 1 is 0.342 bits per heavy atom. The Morgan fingerprint density at radius 2 is 0.623 bits per heavy atom. The smallest absolute Gasteiger partial charge is 0.312 e. The molecular formula is C131H202O15. The first kappa shape index (κ1) is 117. The summed E-state index contributed by atoms with van der Waals surface area (Å²) in [5.74, 6) is 6.15. The Morgan fingerprint density at radius 3 is 0.952 bits per heavy atom. The second kappa shape index (κ2) is 44.6. The molecule has 15 heteroatoms. The van der Waals surface area contributed by atoms with Crippen molar-refractivity contribution in [1.82, 2.24) is 0 Å². The topological polar surface area (TPSA) is 251 Å². The van der Waals surface area contributed by atoms with Gasteiger partial charge in [0.1, 0.15) is 19.3 Å². The van der Waals surface area contributed by atoms with Gasteiger partial charge in [0.25, 0.3) is 0 Å². The summed E-state index contributed by atoms with van der Waals surface area (Å²) in [6.07, 6.45) is 57.5. The number of hydrogen-bond acceptors (Lipinski definition) is 12. The first-order chi connectivity index (χ1) is 67.9. The summed E-state index contributed by atoms with van der Waals surface area (Å²) in [5, 5.41) is 53.7.